The van der Waals surface area contributed by atoms with Crippen molar-refractivity contribution in [2.45, 2.75) is 52.5 Å². The van der Waals surface area contributed by atoms with Gasteiger partial charge in [0.25, 0.3) is 0 Å². The molecule has 0 aliphatic carbocycles. The van der Waals surface area contributed by atoms with E-state index in [2.05, 4.69) is 20.8 Å². The minimum absolute atomic E-state index is 0.389. The smallest absolute Gasteiger partial charge is 0.00105 e. The molecule has 0 radical (unpaired) electrons. The maximum Gasteiger partial charge on any atom is 0.00105 e. The molecule has 62 valence electrons. The summed E-state index contributed by atoms with van der Waals surface area (Å²) in [5.41, 5.74) is 5.65. The Morgan fingerprint density at radius 2 is 1.60 bits per heavy atom. The van der Waals surface area contributed by atoms with Crippen molar-refractivity contribution in [1.82, 2.24) is 0 Å². The summed E-state index contributed by atoms with van der Waals surface area (Å²) in [5, 5.41) is 0. The molecular formula is C9H21N. The van der Waals surface area contributed by atoms with Crippen molar-refractivity contribution in [2.75, 3.05) is 0 Å². The quantitative estimate of drug-likeness (QED) is 0.629. The molecule has 0 heterocycles. The first-order valence-corrected chi connectivity index (χ1v) is 4.46. The minimum Gasteiger partial charge on any atom is -0.328 e. The Hall–Kier alpha value is -0.0400. The highest BCUT2D eigenvalue weighted by Crippen LogP contribution is 2.14. The van der Waals surface area contributed by atoms with E-state index in [1.807, 2.05) is 0 Å². The van der Waals surface area contributed by atoms with E-state index >= 15 is 0 Å². The summed E-state index contributed by atoms with van der Waals surface area (Å²) in [6.45, 7) is 6.60. The SMILES string of the molecule is CCC(CC)CC[C@@H](C)N. The molecule has 0 rings (SSSR count). The number of hydrogen-bond donors (Lipinski definition) is 1. The summed E-state index contributed by atoms with van der Waals surface area (Å²) >= 11 is 0. The molecule has 1 nitrogen and oxygen atoms in total. The van der Waals surface area contributed by atoms with Gasteiger partial charge in [-0.2, -0.15) is 0 Å². The van der Waals surface area contributed by atoms with Crippen molar-refractivity contribution in [2.24, 2.45) is 11.7 Å². The van der Waals surface area contributed by atoms with E-state index in [9.17, 15) is 0 Å². The Labute approximate surface area is 65.0 Å². The highest BCUT2D eigenvalue weighted by atomic mass is 14.6. The lowest BCUT2D eigenvalue weighted by atomic mass is 9.96. The van der Waals surface area contributed by atoms with Gasteiger partial charge in [0, 0.05) is 6.04 Å². The number of nitrogens with two attached hydrogens (primary N) is 1. The van der Waals surface area contributed by atoms with Crippen LogP contribution in [-0.4, -0.2) is 6.04 Å². The molecular weight excluding hydrogens is 122 g/mol. The first-order chi connectivity index (χ1) is 4.70. The third-order valence-corrected chi connectivity index (χ3v) is 2.18. The van der Waals surface area contributed by atoms with E-state index in [0.29, 0.717) is 6.04 Å². The number of rotatable bonds is 5. The van der Waals surface area contributed by atoms with Crippen LogP contribution < -0.4 is 5.73 Å². The third-order valence-electron chi connectivity index (χ3n) is 2.18. The average molecular weight is 143 g/mol. The van der Waals surface area contributed by atoms with Crippen LogP contribution in [0.5, 0.6) is 0 Å². The second kappa shape index (κ2) is 5.72. The zero-order valence-corrected chi connectivity index (χ0v) is 7.56. The molecule has 0 saturated carbocycles. The molecule has 0 spiro atoms. The highest BCUT2D eigenvalue weighted by molar-refractivity contribution is 4.59. The fourth-order valence-corrected chi connectivity index (χ4v) is 1.20. The van der Waals surface area contributed by atoms with Crippen molar-refractivity contribution >= 4 is 0 Å². The maximum absolute atomic E-state index is 5.65. The lowest BCUT2D eigenvalue weighted by Crippen LogP contribution is -2.15. The minimum atomic E-state index is 0.389. The summed E-state index contributed by atoms with van der Waals surface area (Å²) in [6, 6.07) is 0.389. The standard InChI is InChI=1S/C9H21N/c1-4-9(5-2)7-6-8(3)10/h8-9H,4-7,10H2,1-3H3/t8-/m1/s1. The first kappa shape index (κ1) is 9.96. The van der Waals surface area contributed by atoms with Gasteiger partial charge in [0.1, 0.15) is 0 Å². The molecule has 0 aliphatic heterocycles. The Morgan fingerprint density at radius 1 is 1.10 bits per heavy atom. The molecule has 10 heavy (non-hydrogen) atoms. The molecule has 0 fully saturated rings. The van der Waals surface area contributed by atoms with Gasteiger partial charge in [-0.3, -0.25) is 0 Å². The molecule has 0 bridgehead atoms. The van der Waals surface area contributed by atoms with Crippen LogP contribution in [0.25, 0.3) is 0 Å². The lowest BCUT2D eigenvalue weighted by molar-refractivity contribution is 0.423. The molecule has 0 aromatic rings. The van der Waals surface area contributed by atoms with Crippen molar-refractivity contribution < 1.29 is 0 Å². The van der Waals surface area contributed by atoms with E-state index in [1.165, 1.54) is 25.7 Å². The summed E-state index contributed by atoms with van der Waals surface area (Å²) in [5.74, 6) is 0.908. The molecule has 0 amide bonds. The summed E-state index contributed by atoms with van der Waals surface area (Å²) in [6.07, 6.45) is 5.11. The fraction of sp³-hybridized carbons (Fsp3) is 1.00. The first-order valence-electron chi connectivity index (χ1n) is 4.46. The Bertz CT molecular complexity index is 65.1. The van der Waals surface area contributed by atoms with Gasteiger partial charge in [0.05, 0.1) is 0 Å². The van der Waals surface area contributed by atoms with Crippen LogP contribution in [0.3, 0.4) is 0 Å². The fourth-order valence-electron chi connectivity index (χ4n) is 1.20. The van der Waals surface area contributed by atoms with Gasteiger partial charge in [-0.25, -0.2) is 0 Å². The highest BCUT2D eigenvalue weighted by Gasteiger charge is 2.03. The third kappa shape index (κ3) is 4.80. The van der Waals surface area contributed by atoms with Crippen molar-refractivity contribution in [3.63, 3.8) is 0 Å². The van der Waals surface area contributed by atoms with E-state index < -0.39 is 0 Å². The molecule has 0 saturated heterocycles. The predicted octanol–water partition coefficient (Wildman–Crippen LogP) is 2.55. The van der Waals surface area contributed by atoms with Gasteiger partial charge in [-0.15, -0.1) is 0 Å². The van der Waals surface area contributed by atoms with Crippen LogP contribution in [0.4, 0.5) is 0 Å². The van der Waals surface area contributed by atoms with Crippen LogP contribution in [0.15, 0.2) is 0 Å². The zero-order chi connectivity index (χ0) is 7.98. The molecule has 1 atom stereocenters. The molecule has 0 unspecified atom stereocenters. The van der Waals surface area contributed by atoms with Gasteiger partial charge >= 0.3 is 0 Å². The van der Waals surface area contributed by atoms with Gasteiger partial charge in [0.15, 0.2) is 0 Å². The van der Waals surface area contributed by atoms with E-state index in [-0.39, 0.29) is 0 Å². The van der Waals surface area contributed by atoms with E-state index in [4.69, 9.17) is 5.73 Å². The molecule has 2 N–H and O–H groups in total. The van der Waals surface area contributed by atoms with E-state index in [0.717, 1.165) is 5.92 Å². The van der Waals surface area contributed by atoms with Crippen LogP contribution >= 0.6 is 0 Å². The lowest BCUT2D eigenvalue weighted by Gasteiger charge is -2.12. The number of hydrogen-bond acceptors (Lipinski definition) is 1. The Kier molecular flexibility index (Phi) is 5.70. The van der Waals surface area contributed by atoms with E-state index in [1.54, 1.807) is 0 Å². The largest absolute Gasteiger partial charge is 0.328 e. The molecule has 1 heteroatoms. The average Bonchev–Trinajstić information content (AvgIpc) is 1.90. The second-order valence-corrected chi connectivity index (χ2v) is 3.24. The maximum atomic E-state index is 5.65. The van der Waals surface area contributed by atoms with Crippen LogP contribution in [0.2, 0.25) is 0 Å². The topological polar surface area (TPSA) is 26.0 Å². The van der Waals surface area contributed by atoms with Crippen LogP contribution in [0, 0.1) is 5.92 Å². The molecule has 0 aromatic carbocycles. The summed E-state index contributed by atoms with van der Waals surface area (Å²) in [4.78, 5) is 0. The van der Waals surface area contributed by atoms with Gasteiger partial charge in [-0.1, -0.05) is 26.7 Å². The van der Waals surface area contributed by atoms with Crippen molar-refractivity contribution in [3.8, 4) is 0 Å². The van der Waals surface area contributed by atoms with Crippen LogP contribution in [-0.2, 0) is 0 Å². The zero-order valence-electron chi connectivity index (χ0n) is 7.56. The summed E-state index contributed by atoms with van der Waals surface area (Å²) in [7, 11) is 0. The van der Waals surface area contributed by atoms with Crippen molar-refractivity contribution in [1.29, 1.82) is 0 Å². The van der Waals surface area contributed by atoms with Gasteiger partial charge < -0.3 is 5.73 Å². The molecule has 0 aromatic heterocycles. The predicted molar refractivity (Wildman–Crippen MR) is 47.0 cm³/mol. The van der Waals surface area contributed by atoms with Gasteiger partial charge in [0.2, 0.25) is 0 Å². The normalized spacial score (nSPS) is 14.1. The van der Waals surface area contributed by atoms with Gasteiger partial charge in [-0.05, 0) is 25.7 Å². The Morgan fingerprint density at radius 3 is 1.90 bits per heavy atom. The summed E-state index contributed by atoms with van der Waals surface area (Å²) < 4.78 is 0. The molecule has 0 aliphatic rings. The second-order valence-electron chi connectivity index (χ2n) is 3.24. The Balaban J connectivity index is 3.26. The monoisotopic (exact) mass is 143 g/mol. The van der Waals surface area contributed by atoms with Crippen molar-refractivity contribution in [3.05, 3.63) is 0 Å². The van der Waals surface area contributed by atoms with Crippen LogP contribution in [0.1, 0.15) is 46.5 Å².